The number of benzene rings is 2. The van der Waals surface area contributed by atoms with Crippen molar-refractivity contribution in [3.05, 3.63) is 88.9 Å². The molecule has 0 radical (unpaired) electrons. The van der Waals surface area contributed by atoms with Crippen molar-refractivity contribution in [3.63, 3.8) is 0 Å². The number of hydrogen-bond donors (Lipinski definition) is 0. The first-order valence-corrected chi connectivity index (χ1v) is 10.7. The Labute approximate surface area is 178 Å². The molecule has 0 saturated carbocycles. The average molecular weight is 417 g/mol. The van der Waals surface area contributed by atoms with E-state index in [1.54, 1.807) is 11.3 Å². The van der Waals surface area contributed by atoms with E-state index < -0.39 is 0 Å². The number of carbonyl (C=O) groups is 1. The fourth-order valence-corrected chi connectivity index (χ4v) is 4.10. The van der Waals surface area contributed by atoms with Gasteiger partial charge in [0, 0.05) is 18.7 Å². The summed E-state index contributed by atoms with van der Waals surface area (Å²) in [5, 5.41) is 12.5. The highest BCUT2D eigenvalue weighted by molar-refractivity contribution is 7.08. The third-order valence-electron chi connectivity index (χ3n) is 5.20. The summed E-state index contributed by atoms with van der Waals surface area (Å²) in [6.45, 7) is 1.64. The van der Waals surface area contributed by atoms with E-state index in [0.29, 0.717) is 25.3 Å². The summed E-state index contributed by atoms with van der Waals surface area (Å²) in [7, 11) is 0. The SMILES string of the molecule is O=C(c1ccc(-c2ccsc2)cc1)N1CC(n2cc(COc3ccccc3)nn2)C1. The lowest BCUT2D eigenvalue weighted by molar-refractivity contribution is 0.0498. The van der Waals surface area contributed by atoms with Gasteiger partial charge < -0.3 is 9.64 Å². The summed E-state index contributed by atoms with van der Waals surface area (Å²) in [4.78, 5) is 14.6. The van der Waals surface area contributed by atoms with E-state index in [1.807, 2.05) is 70.4 Å². The summed E-state index contributed by atoms with van der Waals surface area (Å²) >= 11 is 1.67. The molecule has 0 spiro atoms. The summed E-state index contributed by atoms with van der Waals surface area (Å²) < 4.78 is 7.54. The summed E-state index contributed by atoms with van der Waals surface area (Å²) in [6.07, 6.45) is 1.89. The fourth-order valence-electron chi connectivity index (χ4n) is 3.44. The average Bonchev–Trinajstić information content (AvgIpc) is 3.45. The van der Waals surface area contributed by atoms with Crippen LogP contribution in [0.2, 0.25) is 0 Å². The van der Waals surface area contributed by atoms with E-state index in [-0.39, 0.29) is 11.9 Å². The van der Waals surface area contributed by atoms with Crippen LogP contribution < -0.4 is 4.74 Å². The molecule has 30 heavy (non-hydrogen) atoms. The van der Waals surface area contributed by atoms with Gasteiger partial charge in [-0.05, 0) is 52.2 Å². The van der Waals surface area contributed by atoms with Crippen molar-refractivity contribution in [3.8, 4) is 16.9 Å². The van der Waals surface area contributed by atoms with Crippen LogP contribution in [0.25, 0.3) is 11.1 Å². The molecule has 0 bridgehead atoms. The van der Waals surface area contributed by atoms with E-state index in [1.165, 1.54) is 5.56 Å². The predicted octanol–water partition coefficient (Wildman–Crippen LogP) is 4.28. The Morgan fingerprint density at radius 3 is 2.57 bits per heavy atom. The van der Waals surface area contributed by atoms with Crippen molar-refractivity contribution < 1.29 is 9.53 Å². The molecular formula is C23H20N4O2S. The van der Waals surface area contributed by atoms with Gasteiger partial charge in [-0.25, -0.2) is 4.68 Å². The normalized spacial score (nSPS) is 13.8. The van der Waals surface area contributed by atoms with Crippen molar-refractivity contribution in [2.75, 3.05) is 13.1 Å². The highest BCUT2D eigenvalue weighted by Gasteiger charge is 2.33. The number of aromatic nitrogens is 3. The van der Waals surface area contributed by atoms with Crippen LogP contribution in [-0.4, -0.2) is 38.9 Å². The molecule has 2 aromatic carbocycles. The molecule has 1 saturated heterocycles. The maximum atomic E-state index is 12.7. The van der Waals surface area contributed by atoms with Crippen LogP contribution in [0.3, 0.4) is 0 Å². The van der Waals surface area contributed by atoms with Crippen molar-refractivity contribution >= 4 is 17.2 Å². The number of hydrogen-bond acceptors (Lipinski definition) is 5. The van der Waals surface area contributed by atoms with Crippen LogP contribution in [0.5, 0.6) is 5.75 Å². The third kappa shape index (κ3) is 3.84. The predicted molar refractivity (Wildman–Crippen MR) is 115 cm³/mol. The summed E-state index contributed by atoms with van der Waals surface area (Å²) in [5.74, 6) is 0.855. The zero-order valence-electron chi connectivity index (χ0n) is 16.2. The Hall–Kier alpha value is -3.45. The molecule has 1 aliphatic heterocycles. The van der Waals surface area contributed by atoms with Crippen LogP contribution >= 0.6 is 11.3 Å². The van der Waals surface area contributed by atoms with Gasteiger partial charge in [0.1, 0.15) is 18.1 Å². The molecule has 0 aliphatic carbocycles. The number of rotatable bonds is 6. The summed E-state index contributed by atoms with van der Waals surface area (Å²) in [5.41, 5.74) is 3.79. The molecule has 5 rings (SSSR count). The maximum Gasteiger partial charge on any atom is 0.253 e. The number of ether oxygens (including phenoxy) is 1. The van der Waals surface area contributed by atoms with Crippen molar-refractivity contribution in [2.24, 2.45) is 0 Å². The van der Waals surface area contributed by atoms with Gasteiger partial charge >= 0.3 is 0 Å². The van der Waals surface area contributed by atoms with E-state index in [2.05, 4.69) is 27.1 Å². The molecule has 1 fully saturated rings. The smallest absolute Gasteiger partial charge is 0.253 e. The van der Waals surface area contributed by atoms with Crippen LogP contribution in [-0.2, 0) is 6.61 Å². The molecule has 2 aromatic heterocycles. The fraction of sp³-hybridized carbons (Fsp3) is 0.174. The second-order valence-electron chi connectivity index (χ2n) is 7.24. The Balaban J connectivity index is 1.15. The maximum absolute atomic E-state index is 12.7. The highest BCUT2D eigenvalue weighted by atomic mass is 32.1. The quantitative estimate of drug-likeness (QED) is 0.471. The molecule has 1 amide bonds. The lowest BCUT2D eigenvalue weighted by Crippen LogP contribution is -2.50. The first kappa shape index (κ1) is 18.6. The summed E-state index contributed by atoms with van der Waals surface area (Å²) in [6, 6.07) is 19.7. The number of nitrogens with zero attached hydrogens (tertiary/aromatic N) is 4. The van der Waals surface area contributed by atoms with Crippen molar-refractivity contribution in [1.29, 1.82) is 0 Å². The van der Waals surface area contributed by atoms with E-state index in [4.69, 9.17) is 4.74 Å². The zero-order valence-corrected chi connectivity index (χ0v) is 17.0. The van der Waals surface area contributed by atoms with Gasteiger partial charge in [0.15, 0.2) is 0 Å². The minimum absolute atomic E-state index is 0.0517. The number of para-hydroxylation sites is 1. The monoisotopic (exact) mass is 416 g/mol. The topological polar surface area (TPSA) is 60.2 Å². The van der Waals surface area contributed by atoms with Gasteiger partial charge in [-0.2, -0.15) is 11.3 Å². The van der Waals surface area contributed by atoms with E-state index in [9.17, 15) is 4.79 Å². The molecule has 0 unspecified atom stereocenters. The molecule has 3 heterocycles. The minimum atomic E-state index is 0.0517. The third-order valence-corrected chi connectivity index (χ3v) is 5.88. The second-order valence-corrected chi connectivity index (χ2v) is 8.02. The molecule has 150 valence electrons. The minimum Gasteiger partial charge on any atom is -0.487 e. The largest absolute Gasteiger partial charge is 0.487 e. The molecular weight excluding hydrogens is 396 g/mol. The second kappa shape index (κ2) is 8.12. The molecule has 0 atom stereocenters. The Morgan fingerprint density at radius 1 is 1.03 bits per heavy atom. The zero-order chi connectivity index (χ0) is 20.3. The van der Waals surface area contributed by atoms with Gasteiger partial charge in [-0.3, -0.25) is 4.79 Å². The molecule has 4 aromatic rings. The van der Waals surface area contributed by atoms with Crippen molar-refractivity contribution in [2.45, 2.75) is 12.6 Å². The Morgan fingerprint density at radius 2 is 1.83 bits per heavy atom. The van der Waals surface area contributed by atoms with Gasteiger partial charge in [-0.1, -0.05) is 35.5 Å². The van der Waals surface area contributed by atoms with Gasteiger partial charge in [0.25, 0.3) is 5.91 Å². The van der Waals surface area contributed by atoms with Crippen LogP contribution in [0.1, 0.15) is 22.1 Å². The van der Waals surface area contributed by atoms with Gasteiger partial charge in [0.05, 0.1) is 12.2 Å². The molecule has 0 N–H and O–H groups in total. The Kier molecular flexibility index (Phi) is 5.03. The first-order chi connectivity index (χ1) is 14.8. The van der Waals surface area contributed by atoms with Crippen LogP contribution in [0.4, 0.5) is 0 Å². The van der Waals surface area contributed by atoms with Gasteiger partial charge in [0.2, 0.25) is 0 Å². The number of likely N-dealkylation sites (tertiary alicyclic amines) is 1. The van der Waals surface area contributed by atoms with E-state index in [0.717, 1.165) is 17.0 Å². The van der Waals surface area contributed by atoms with Gasteiger partial charge in [-0.15, -0.1) is 5.10 Å². The molecule has 1 aliphatic rings. The standard InChI is InChI=1S/C23H20N4O2S/c28-23(18-8-6-17(7-9-18)19-10-11-30-16-19)26-13-21(14-26)27-12-20(24-25-27)15-29-22-4-2-1-3-5-22/h1-12,16,21H,13-15H2. The van der Waals surface area contributed by atoms with Crippen molar-refractivity contribution in [1.82, 2.24) is 19.9 Å². The highest BCUT2D eigenvalue weighted by Crippen LogP contribution is 2.25. The lowest BCUT2D eigenvalue weighted by Gasteiger charge is -2.38. The number of carbonyl (C=O) groups excluding carboxylic acids is 1. The van der Waals surface area contributed by atoms with Crippen LogP contribution in [0, 0.1) is 0 Å². The number of amides is 1. The number of thiophene rings is 1. The lowest BCUT2D eigenvalue weighted by atomic mass is 10.0. The molecule has 7 heteroatoms. The molecule has 6 nitrogen and oxygen atoms in total. The Bertz CT molecular complexity index is 1120. The van der Waals surface area contributed by atoms with E-state index >= 15 is 0 Å². The first-order valence-electron chi connectivity index (χ1n) is 9.77. The van der Waals surface area contributed by atoms with Crippen LogP contribution in [0.15, 0.2) is 77.6 Å².